The molecular weight excluding hydrogens is 518 g/mol. The monoisotopic (exact) mass is 539 g/mol. The fraction of sp³-hybridized carbons (Fsp3) is 0.0800. The average Bonchev–Trinajstić information content (AvgIpc) is 3.38. The Hall–Kier alpha value is -3.35. The van der Waals surface area contributed by atoms with Crippen LogP contribution in [0.5, 0.6) is 0 Å². The number of thiophene rings is 1. The van der Waals surface area contributed by atoms with Crippen LogP contribution in [0.2, 0.25) is 0 Å². The highest BCUT2D eigenvalue weighted by atomic mass is 32.2. The van der Waals surface area contributed by atoms with E-state index in [4.69, 9.17) is 0 Å². The molecule has 1 N–H and O–H groups in total. The molecule has 0 bridgehead atoms. The number of carbonyl (C=O) groups excluding carboxylic acids is 1. The zero-order valence-electron chi connectivity index (χ0n) is 19.2. The smallest absolute Gasteiger partial charge is 0.265 e. The van der Waals surface area contributed by atoms with Crippen LogP contribution in [0.4, 0.5) is 28.4 Å². The fourth-order valence-corrected chi connectivity index (χ4v) is 5.34. The Kier molecular flexibility index (Phi) is 7.97. The third-order valence-corrected chi connectivity index (χ3v) is 7.53. The quantitative estimate of drug-likeness (QED) is 0.298. The number of aryl methyl sites for hydroxylation is 2. The van der Waals surface area contributed by atoms with Crippen LogP contribution in [-0.2, 0) is 22.5 Å². The van der Waals surface area contributed by atoms with Crippen molar-refractivity contribution in [3.8, 4) is 0 Å². The topological polar surface area (TPSA) is 116 Å². The van der Waals surface area contributed by atoms with E-state index in [0.717, 1.165) is 19.7 Å². The van der Waals surface area contributed by atoms with Crippen molar-refractivity contribution in [3.63, 3.8) is 0 Å². The normalized spacial score (nSPS) is 12.6. The summed E-state index contributed by atoms with van der Waals surface area (Å²) in [6.45, 7) is 3.74. The van der Waals surface area contributed by atoms with Crippen molar-refractivity contribution >= 4 is 68.2 Å². The van der Waals surface area contributed by atoms with Crippen molar-refractivity contribution in [1.82, 2.24) is 0 Å². The Labute approximate surface area is 218 Å². The minimum Gasteiger partial charge on any atom is -0.755 e. The van der Waals surface area contributed by atoms with Gasteiger partial charge in [0.15, 0.2) is 0 Å². The molecule has 2 atom stereocenters. The van der Waals surface area contributed by atoms with E-state index < -0.39 is 22.5 Å². The molecule has 0 spiro atoms. The van der Waals surface area contributed by atoms with E-state index in [0.29, 0.717) is 21.9 Å². The van der Waals surface area contributed by atoms with Gasteiger partial charge >= 0.3 is 0 Å². The summed E-state index contributed by atoms with van der Waals surface area (Å²) in [6, 6.07) is 21.4. The van der Waals surface area contributed by atoms with Crippen LogP contribution >= 0.6 is 11.3 Å². The molecule has 3 aromatic carbocycles. The minimum absolute atomic E-state index is 0.0425. The second kappa shape index (κ2) is 11.1. The van der Waals surface area contributed by atoms with Gasteiger partial charge in [-0.1, -0.05) is 41.5 Å². The number of nitrogens with zero attached hydrogens (tertiary/aromatic N) is 2. The van der Waals surface area contributed by atoms with Gasteiger partial charge in [-0.05, 0) is 67.8 Å². The Bertz CT molecular complexity index is 1410. The highest BCUT2D eigenvalue weighted by molar-refractivity contribution is 7.81. The van der Waals surface area contributed by atoms with E-state index in [1.165, 1.54) is 29.5 Å². The van der Waals surface area contributed by atoms with Crippen LogP contribution in [0.25, 0.3) is 0 Å². The molecule has 0 fully saturated rings. The molecule has 11 heteroatoms. The summed E-state index contributed by atoms with van der Waals surface area (Å²) in [5.74, 6) is -0.364. The van der Waals surface area contributed by atoms with Gasteiger partial charge in [0.25, 0.3) is 5.91 Å². The van der Waals surface area contributed by atoms with Crippen LogP contribution in [0.1, 0.15) is 20.8 Å². The molecule has 8 nitrogen and oxygen atoms in total. The molecule has 36 heavy (non-hydrogen) atoms. The van der Waals surface area contributed by atoms with Crippen molar-refractivity contribution in [2.75, 3.05) is 13.9 Å². The van der Waals surface area contributed by atoms with Crippen LogP contribution in [-0.4, -0.2) is 23.4 Å². The lowest BCUT2D eigenvalue weighted by Gasteiger charge is -2.34. The molecule has 0 radical (unpaired) electrons. The molecule has 0 saturated carbocycles. The number of carbonyl (C=O) groups is 1. The molecule has 1 aromatic heterocycles. The van der Waals surface area contributed by atoms with Crippen LogP contribution < -0.4 is 13.9 Å². The molecule has 1 amide bonds. The SMILES string of the molecule is Cc1ccc(N(c2ccc(NC(=O)c3cccs3)cc2N(c2ccc(C)cc2)S(=O)[O-])S(=O)[O-])cc1. The minimum atomic E-state index is -2.82. The van der Waals surface area contributed by atoms with Gasteiger partial charge in [-0.3, -0.25) is 21.8 Å². The molecule has 2 unspecified atom stereocenters. The largest absolute Gasteiger partial charge is 0.755 e. The van der Waals surface area contributed by atoms with Gasteiger partial charge in [0.2, 0.25) is 0 Å². The summed E-state index contributed by atoms with van der Waals surface area (Å²) < 4.78 is 51.8. The third-order valence-electron chi connectivity index (χ3n) is 5.25. The second-order valence-electron chi connectivity index (χ2n) is 7.83. The molecule has 186 valence electrons. The maximum atomic E-state index is 12.6. The van der Waals surface area contributed by atoms with Crippen LogP contribution in [0.15, 0.2) is 84.2 Å². The first-order chi connectivity index (χ1) is 17.2. The number of amides is 1. The summed E-state index contributed by atoms with van der Waals surface area (Å²) in [4.78, 5) is 13.1. The Morgan fingerprint density at radius 2 is 1.31 bits per heavy atom. The van der Waals surface area contributed by atoms with Gasteiger partial charge in [0.1, 0.15) is 0 Å². The van der Waals surface area contributed by atoms with E-state index in [2.05, 4.69) is 5.32 Å². The van der Waals surface area contributed by atoms with Crippen molar-refractivity contribution in [3.05, 3.63) is 100 Å². The third kappa shape index (κ3) is 5.72. The van der Waals surface area contributed by atoms with Crippen molar-refractivity contribution in [2.24, 2.45) is 0 Å². The van der Waals surface area contributed by atoms with Crippen molar-refractivity contribution in [1.29, 1.82) is 0 Å². The van der Waals surface area contributed by atoms with Crippen molar-refractivity contribution in [2.45, 2.75) is 13.8 Å². The first-order valence-corrected chi connectivity index (χ1v) is 13.6. The maximum absolute atomic E-state index is 12.6. The number of rotatable bonds is 8. The van der Waals surface area contributed by atoms with E-state index in [1.807, 2.05) is 13.8 Å². The zero-order chi connectivity index (χ0) is 25.8. The van der Waals surface area contributed by atoms with Crippen LogP contribution in [0, 0.1) is 13.8 Å². The van der Waals surface area contributed by atoms with E-state index in [-0.39, 0.29) is 17.3 Å². The second-order valence-corrected chi connectivity index (χ2v) is 10.4. The number of anilines is 5. The van der Waals surface area contributed by atoms with Gasteiger partial charge in [-0.25, -0.2) is 0 Å². The summed E-state index contributed by atoms with van der Waals surface area (Å²) in [6.07, 6.45) is 0. The first kappa shape index (κ1) is 25.7. The lowest BCUT2D eigenvalue weighted by Crippen LogP contribution is -2.26. The van der Waals surface area contributed by atoms with Crippen molar-refractivity contribution < 1.29 is 22.3 Å². The Morgan fingerprint density at radius 3 is 1.78 bits per heavy atom. The molecule has 0 aliphatic heterocycles. The molecule has 4 rings (SSSR count). The molecule has 4 aromatic rings. The molecule has 0 aliphatic rings. The fourth-order valence-electron chi connectivity index (χ4n) is 3.51. The molecular formula is C25H21N3O5S3-2. The summed E-state index contributed by atoms with van der Waals surface area (Å²) in [5, 5.41) is 4.52. The van der Waals surface area contributed by atoms with Gasteiger partial charge in [-0.15, -0.1) is 11.3 Å². The highest BCUT2D eigenvalue weighted by Gasteiger charge is 2.22. The Balaban J connectivity index is 1.88. The van der Waals surface area contributed by atoms with Gasteiger partial charge < -0.3 is 14.4 Å². The summed E-state index contributed by atoms with van der Waals surface area (Å²) in [5.41, 5.74) is 2.92. The number of hydrogen-bond donors (Lipinski definition) is 1. The summed E-state index contributed by atoms with van der Waals surface area (Å²) >= 11 is -4.34. The zero-order valence-corrected chi connectivity index (χ0v) is 21.7. The predicted molar refractivity (Wildman–Crippen MR) is 143 cm³/mol. The molecule has 1 heterocycles. The number of hydrogen-bond acceptors (Lipinski definition) is 6. The van der Waals surface area contributed by atoms with Gasteiger partial charge in [0.05, 0.1) is 50.2 Å². The number of benzene rings is 3. The van der Waals surface area contributed by atoms with Gasteiger partial charge in [0, 0.05) is 5.69 Å². The lowest BCUT2D eigenvalue weighted by molar-refractivity contribution is 0.103. The summed E-state index contributed by atoms with van der Waals surface area (Å²) in [7, 11) is 0. The lowest BCUT2D eigenvalue weighted by atomic mass is 10.1. The standard InChI is InChI=1S/C25H23N3O5S3/c1-17-5-10-20(11-6-17)27(35(30)31)22-14-9-19(26-25(29)24-4-3-15-34-24)16-23(22)28(36(32)33)21-12-7-18(2)8-13-21/h3-16H,1-2H3,(H,26,29)(H,30,31)(H,32,33)/p-2. The van der Waals surface area contributed by atoms with E-state index in [1.54, 1.807) is 66.0 Å². The molecule has 0 aliphatic carbocycles. The van der Waals surface area contributed by atoms with Crippen LogP contribution in [0.3, 0.4) is 0 Å². The van der Waals surface area contributed by atoms with Gasteiger partial charge in [-0.2, -0.15) is 0 Å². The molecule has 0 saturated heterocycles. The first-order valence-electron chi connectivity index (χ1n) is 10.7. The average molecular weight is 540 g/mol. The predicted octanol–water partition coefficient (Wildman–Crippen LogP) is 5.48. The highest BCUT2D eigenvalue weighted by Crippen LogP contribution is 2.41. The van der Waals surface area contributed by atoms with E-state index in [9.17, 15) is 22.3 Å². The number of nitrogens with one attached hydrogen (secondary N) is 1. The van der Waals surface area contributed by atoms with E-state index >= 15 is 0 Å². The Morgan fingerprint density at radius 1 is 0.778 bits per heavy atom. The maximum Gasteiger partial charge on any atom is 0.265 e.